The fraction of sp³-hybridized carbons (Fsp3) is 0.500. The molecule has 144 valence electrons. The van der Waals surface area contributed by atoms with Gasteiger partial charge in [0.25, 0.3) is 5.89 Å². The van der Waals surface area contributed by atoms with Crippen molar-refractivity contribution in [3.63, 3.8) is 0 Å². The molecule has 1 aromatic heterocycles. The van der Waals surface area contributed by atoms with Crippen molar-refractivity contribution < 1.29 is 14.4 Å². The van der Waals surface area contributed by atoms with Crippen molar-refractivity contribution in [2.45, 2.75) is 38.3 Å². The van der Waals surface area contributed by atoms with E-state index in [1.807, 2.05) is 24.3 Å². The van der Waals surface area contributed by atoms with Crippen molar-refractivity contribution >= 4 is 8.41 Å². The van der Waals surface area contributed by atoms with Crippen LogP contribution in [0.2, 0.25) is 0 Å². The number of aromatic nitrogens is 2. The van der Waals surface area contributed by atoms with E-state index >= 15 is 0 Å². The lowest BCUT2D eigenvalue weighted by molar-refractivity contribution is -0.0850. The van der Waals surface area contributed by atoms with Crippen LogP contribution < -0.4 is 4.74 Å². The summed E-state index contributed by atoms with van der Waals surface area (Å²) in [6.45, 7) is 8.26. The first-order valence-electron chi connectivity index (χ1n) is 9.25. The van der Waals surface area contributed by atoms with Crippen LogP contribution in [0.25, 0.3) is 11.5 Å². The number of nitrogens with zero attached hydrogens (tertiary/aromatic N) is 3. The number of fused-ring (bicyclic) bond motifs is 3. The summed E-state index contributed by atoms with van der Waals surface area (Å²) >= 11 is 0. The highest BCUT2D eigenvalue weighted by Gasteiger charge is 2.41. The molecule has 4 heterocycles. The van der Waals surface area contributed by atoms with Crippen LogP contribution in [0.3, 0.4) is 0 Å². The number of allylic oxidation sites excluding steroid dienone is 1. The number of ether oxygens (including phenoxy) is 1. The van der Waals surface area contributed by atoms with Gasteiger partial charge in [-0.25, -0.2) is 0 Å². The molecule has 0 aliphatic carbocycles. The van der Waals surface area contributed by atoms with E-state index in [9.17, 15) is 5.11 Å². The highest BCUT2D eigenvalue weighted by atomic mass is 16.5. The van der Waals surface area contributed by atoms with Crippen molar-refractivity contribution in [1.29, 1.82) is 0 Å². The fourth-order valence-corrected chi connectivity index (χ4v) is 4.08. The molecule has 2 aromatic rings. The number of aryl methyl sites for hydroxylation is 1. The summed E-state index contributed by atoms with van der Waals surface area (Å²) in [5, 5.41) is 14.4. The lowest BCUT2D eigenvalue weighted by Crippen LogP contribution is -2.59. The van der Waals surface area contributed by atoms with Crippen LogP contribution >= 0.6 is 0 Å². The van der Waals surface area contributed by atoms with Gasteiger partial charge in [0.15, 0.2) is 5.82 Å². The molecule has 27 heavy (non-hydrogen) atoms. The van der Waals surface area contributed by atoms with Crippen LogP contribution in [0, 0.1) is 12.8 Å². The Bertz CT molecular complexity index is 785. The SMILES string of the molecule is B.C=CCc1cc(-c2nc(C)no2)ccc1OCC1C(O)C2CCN1CC2. The van der Waals surface area contributed by atoms with E-state index < -0.39 is 0 Å². The molecule has 7 heteroatoms. The molecule has 0 radical (unpaired) electrons. The monoisotopic (exact) mass is 369 g/mol. The van der Waals surface area contributed by atoms with E-state index in [1.165, 1.54) is 0 Å². The molecule has 0 saturated carbocycles. The summed E-state index contributed by atoms with van der Waals surface area (Å²) in [6.07, 6.45) is 4.44. The summed E-state index contributed by atoms with van der Waals surface area (Å²) in [5.74, 6) is 2.36. The number of hydrogen-bond acceptors (Lipinski definition) is 6. The first-order chi connectivity index (χ1) is 12.7. The minimum Gasteiger partial charge on any atom is -0.492 e. The third-order valence-corrected chi connectivity index (χ3v) is 5.53. The summed E-state index contributed by atoms with van der Waals surface area (Å²) in [7, 11) is 0. The Labute approximate surface area is 161 Å². The van der Waals surface area contributed by atoms with Gasteiger partial charge in [0.05, 0.1) is 20.6 Å². The second kappa shape index (κ2) is 8.27. The van der Waals surface area contributed by atoms with Gasteiger partial charge in [-0.3, -0.25) is 4.90 Å². The van der Waals surface area contributed by atoms with Crippen molar-refractivity contribution in [3.05, 3.63) is 42.2 Å². The Hall–Kier alpha value is -2.12. The molecular formula is C20H28BN3O3. The second-order valence-corrected chi connectivity index (χ2v) is 7.20. The molecule has 2 unspecified atom stereocenters. The molecule has 1 aromatic carbocycles. The Morgan fingerprint density at radius 3 is 2.78 bits per heavy atom. The summed E-state index contributed by atoms with van der Waals surface area (Å²) < 4.78 is 11.4. The highest BCUT2D eigenvalue weighted by Crippen LogP contribution is 2.33. The predicted octanol–water partition coefficient (Wildman–Crippen LogP) is 1.42. The molecule has 1 N–H and O–H groups in total. The fourth-order valence-electron chi connectivity index (χ4n) is 4.08. The Morgan fingerprint density at radius 1 is 1.37 bits per heavy atom. The Kier molecular flexibility index (Phi) is 6.02. The Balaban J connectivity index is 0.00000210. The maximum absolute atomic E-state index is 10.5. The van der Waals surface area contributed by atoms with Gasteiger partial charge in [-0.15, -0.1) is 6.58 Å². The maximum Gasteiger partial charge on any atom is 0.257 e. The van der Waals surface area contributed by atoms with Gasteiger partial charge in [0.2, 0.25) is 0 Å². The standard InChI is InChI=1S/C20H25N3O3.BH3/c1-3-4-15-11-16(20-21-13(2)22-26-20)5-6-18(15)25-12-17-19(24)14-7-9-23(17)10-8-14;/h3,5-6,11,14,17,19,24H,1,4,7-10,12H2,2H3;1H3. The van der Waals surface area contributed by atoms with Gasteiger partial charge in [-0.1, -0.05) is 11.2 Å². The lowest BCUT2D eigenvalue weighted by Gasteiger charge is -2.48. The number of benzene rings is 1. The minimum absolute atomic E-state index is 0. The van der Waals surface area contributed by atoms with Gasteiger partial charge in [-0.2, -0.15) is 4.98 Å². The molecule has 5 rings (SSSR count). The maximum atomic E-state index is 10.5. The predicted molar refractivity (Wildman–Crippen MR) is 108 cm³/mol. The first kappa shape index (κ1) is 19.6. The average Bonchev–Trinajstić information content (AvgIpc) is 3.09. The van der Waals surface area contributed by atoms with Gasteiger partial charge in [0.1, 0.15) is 12.4 Å². The molecule has 3 aliphatic rings. The molecule has 0 spiro atoms. The normalized spacial score (nSPS) is 26.4. The molecule has 2 atom stereocenters. The van der Waals surface area contributed by atoms with Crippen molar-refractivity contribution in [3.8, 4) is 17.2 Å². The second-order valence-electron chi connectivity index (χ2n) is 7.20. The van der Waals surface area contributed by atoms with Crippen LogP contribution in [0.15, 0.2) is 35.4 Å². The zero-order valence-corrected chi connectivity index (χ0v) is 15.1. The summed E-state index contributed by atoms with van der Waals surface area (Å²) in [5.41, 5.74) is 1.90. The van der Waals surface area contributed by atoms with Crippen LogP contribution in [-0.4, -0.2) is 60.4 Å². The minimum atomic E-state index is -0.291. The van der Waals surface area contributed by atoms with E-state index in [-0.39, 0.29) is 20.6 Å². The largest absolute Gasteiger partial charge is 0.492 e. The Morgan fingerprint density at radius 2 is 2.15 bits per heavy atom. The van der Waals surface area contributed by atoms with Crippen LogP contribution in [-0.2, 0) is 6.42 Å². The van der Waals surface area contributed by atoms with Crippen molar-refractivity contribution in [2.75, 3.05) is 19.7 Å². The highest BCUT2D eigenvalue weighted by molar-refractivity contribution is 5.75. The molecule has 3 saturated heterocycles. The molecule has 2 bridgehead atoms. The summed E-state index contributed by atoms with van der Waals surface area (Å²) in [6, 6.07) is 5.96. The molecule has 3 aliphatic heterocycles. The zero-order valence-electron chi connectivity index (χ0n) is 15.1. The van der Waals surface area contributed by atoms with Gasteiger partial charge < -0.3 is 14.4 Å². The van der Waals surface area contributed by atoms with Crippen LogP contribution in [0.1, 0.15) is 24.2 Å². The number of piperidine rings is 3. The van der Waals surface area contributed by atoms with Crippen LogP contribution in [0.5, 0.6) is 5.75 Å². The number of rotatable bonds is 6. The van der Waals surface area contributed by atoms with Gasteiger partial charge >= 0.3 is 0 Å². The van der Waals surface area contributed by atoms with Crippen molar-refractivity contribution in [1.82, 2.24) is 15.0 Å². The number of aliphatic hydroxyl groups is 1. The smallest absolute Gasteiger partial charge is 0.257 e. The number of hydrogen-bond donors (Lipinski definition) is 1. The van der Waals surface area contributed by atoms with Crippen LogP contribution in [0.4, 0.5) is 0 Å². The van der Waals surface area contributed by atoms with E-state index in [0.717, 1.165) is 42.8 Å². The molecular weight excluding hydrogens is 341 g/mol. The van der Waals surface area contributed by atoms with Gasteiger partial charge in [-0.05, 0) is 69.0 Å². The van der Waals surface area contributed by atoms with Crippen molar-refractivity contribution in [2.24, 2.45) is 5.92 Å². The topological polar surface area (TPSA) is 71.6 Å². The third-order valence-electron chi connectivity index (χ3n) is 5.53. The van der Waals surface area contributed by atoms with E-state index in [0.29, 0.717) is 30.7 Å². The van der Waals surface area contributed by atoms with Gasteiger partial charge in [0, 0.05) is 5.56 Å². The zero-order chi connectivity index (χ0) is 18.1. The first-order valence-corrected chi connectivity index (χ1v) is 9.25. The summed E-state index contributed by atoms with van der Waals surface area (Å²) in [4.78, 5) is 6.64. The van der Waals surface area contributed by atoms with E-state index in [2.05, 4.69) is 21.6 Å². The average molecular weight is 369 g/mol. The number of aliphatic hydroxyl groups excluding tert-OH is 1. The molecule has 0 amide bonds. The molecule has 3 fully saturated rings. The van der Waals surface area contributed by atoms with E-state index in [1.54, 1.807) is 6.92 Å². The quantitative estimate of drug-likeness (QED) is 0.614. The molecule has 6 nitrogen and oxygen atoms in total. The lowest BCUT2D eigenvalue weighted by atomic mass is 9.81. The third kappa shape index (κ3) is 3.94. The van der Waals surface area contributed by atoms with E-state index in [4.69, 9.17) is 9.26 Å².